The average Bonchev–Trinajstić information content (AvgIpc) is 2.62. The SMILES string of the molecule is CC.CC.CCC[C@]1(c2ccc(C)c(OC)c2)CCC(=O)C[C@@H]1C. The van der Waals surface area contributed by atoms with Crippen LogP contribution in [0.2, 0.25) is 0 Å². The lowest BCUT2D eigenvalue weighted by Gasteiger charge is -2.43. The maximum atomic E-state index is 11.7. The fourth-order valence-electron chi connectivity index (χ4n) is 3.77. The minimum Gasteiger partial charge on any atom is -0.496 e. The molecule has 2 rings (SSSR count). The van der Waals surface area contributed by atoms with Gasteiger partial charge in [-0.25, -0.2) is 0 Å². The van der Waals surface area contributed by atoms with Gasteiger partial charge in [0, 0.05) is 12.8 Å². The van der Waals surface area contributed by atoms with E-state index in [0.29, 0.717) is 11.7 Å². The van der Waals surface area contributed by atoms with Crippen molar-refractivity contribution < 1.29 is 9.53 Å². The van der Waals surface area contributed by atoms with Gasteiger partial charge in [0.05, 0.1) is 7.11 Å². The van der Waals surface area contributed by atoms with Crippen LogP contribution < -0.4 is 4.74 Å². The molecule has 0 amide bonds. The molecule has 0 spiro atoms. The van der Waals surface area contributed by atoms with E-state index in [1.807, 2.05) is 27.7 Å². The summed E-state index contributed by atoms with van der Waals surface area (Å²) < 4.78 is 5.49. The molecule has 0 heterocycles. The zero-order valence-corrected chi connectivity index (χ0v) is 17.2. The highest BCUT2D eigenvalue weighted by Crippen LogP contribution is 2.46. The van der Waals surface area contributed by atoms with Gasteiger partial charge in [-0.1, -0.05) is 60.1 Å². The lowest BCUT2D eigenvalue weighted by atomic mass is 9.61. The van der Waals surface area contributed by atoms with Crippen LogP contribution in [0.15, 0.2) is 18.2 Å². The van der Waals surface area contributed by atoms with Crippen molar-refractivity contribution in [3.63, 3.8) is 0 Å². The van der Waals surface area contributed by atoms with Gasteiger partial charge in [-0.3, -0.25) is 4.79 Å². The Morgan fingerprint density at radius 2 is 1.83 bits per heavy atom. The van der Waals surface area contributed by atoms with Crippen LogP contribution in [0, 0.1) is 12.8 Å². The smallest absolute Gasteiger partial charge is 0.133 e. The van der Waals surface area contributed by atoms with Crippen LogP contribution >= 0.6 is 0 Å². The molecule has 1 saturated carbocycles. The Bertz CT molecular complexity index is 493. The van der Waals surface area contributed by atoms with Crippen molar-refractivity contribution in [2.24, 2.45) is 5.92 Å². The highest BCUT2D eigenvalue weighted by molar-refractivity contribution is 5.80. The Morgan fingerprint density at radius 3 is 2.33 bits per heavy atom. The molecule has 2 nitrogen and oxygen atoms in total. The van der Waals surface area contributed by atoms with Gasteiger partial charge in [0.2, 0.25) is 0 Å². The van der Waals surface area contributed by atoms with E-state index < -0.39 is 0 Å². The highest BCUT2D eigenvalue weighted by Gasteiger charge is 2.41. The van der Waals surface area contributed by atoms with Crippen molar-refractivity contribution in [1.82, 2.24) is 0 Å². The van der Waals surface area contributed by atoms with Crippen molar-refractivity contribution in [2.45, 2.75) is 86.0 Å². The molecule has 0 bridgehead atoms. The second kappa shape index (κ2) is 11.3. The first-order valence-electron chi connectivity index (χ1n) is 9.70. The van der Waals surface area contributed by atoms with Crippen molar-refractivity contribution in [3.05, 3.63) is 29.3 Å². The van der Waals surface area contributed by atoms with Gasteiger partial charge in [-0.15, -0.1) is 0 Å². The number of hydrogen-bond donors (Lipinski definition) is 0. The summed E-state index contributed by atoms with van der Waals surface area (Å²) in [6.45, 7) is 14.5. The molecule has 24 heavy (non-hydrogen) atoms. The highest BCUT2D eigenvalue weighted by atomic mass is 16.5. The maximum Gasteiger partial charge on any atom is 0.133 e. The van der Waals surface area contributed by atoms with Crippen molar-refractivity contribution in [2.75, 3.05) is 7.11 Å². The number of Topliss-reactive ketones (excluding diaryl/α,β-unsaturated/α-hetero) is 1. The number of rotatable bonds is 4. The maximum absolute atomic E-state index is 11.7. The number of carbonyl (C=O) groups excluding carboxylic acids is 1. The Balaban J connectivity index is 0.00000123. The van der Waals surface area contributed by atoms with Gasteiger partial charge in [0.15, 0.2) is 0 Å². The number of ether oxygens (including phenoxy) is 1. The molecule has 0 saturated heterocycles. The molecule has 2 atom stereocenters. The summed E-state index contributed by atoms with van der Waals surface area (Å²) in [5.41, 5.74) is 2.66. The molecule has 1 aromatic carbocycles. The first-order valence-corrected chi connectivity index (χ1v) is 9.70. The molecule has 0 aromatic heterocycles. The summed E-state index contributed by atoms with van der Waals surface area (Å²) in [7, 11) is 1.73. The number of carbonyl (C=O) groups is 1. The molecule has 0 aliphatic heterocycles. The summed E-state index contributed by atoms with van der Waals surface area (Å²) in [6.07, 6.45) is 4.71. The van der Waals surface area contributed by atoms with E-state index in [2.05, 4.69) is 39.0 Å². The second-order valence-electron chi connectivity index (χ2n) is 6.23. The van der Waals surface area contributed by atoms with E-state index in [1.165, 1.54) is 11.1 Å². The Kier molecular flexibility index (Phi) is 10.7. The van der Waals surface area contributed by atoms with Gasteiger partial charge in [0.25, 0.3) is 0 Å². The fraction of sp³-hybridized carbons (Fsp3) is 0.682. The minimum atomic E-state index is 0.143. The molecular formula is C22H38O2. The topological polar surface area (TPSA) is 26.3 Å². The molecule has 2 heteroatoms. The quantitative estimate of drug-likeness (QED) is 0.629. The third-order valence-electron chi connectivity index (χ3n) is 5.01. The molecule has 138 valence electrons. The van der Waals surface area contributed by atoms with Crippen molar-refractivity contribution in [1.29, 1.82) is 0 Å². The molecule has 1 aromatic rings. The third kappa shape index (κ3) is 5.09. The molecular weight excluding hydrogens is 296 g/mol. The standard InChI is InChI=1S/C18H26O2.2C2H6/c1-5-9-18(10-8-16(19)11-14(18)3)15-7-6-13(2)17(12-15)20-4;2*1-2/h6-7,12,14H,5,8-11H2,1-4H3;2*1-2H3/t14-,18-;;/m0../s1. The molecule has 1 fully saturated rings. The van der Waals surface area contributed by atoms with Gasteiger partial charge in [-0.2, -0.15) is 0 Å². The van der Waals surface area contributed by atoms with Crippen LogP contribution in [0.5, 0.6) is 5.75 Å². The summed E-state index contributed by atoms with van der Waals surface area (Å²) in [5.74, 6) is 1.79. The zero-order valence-electron chi connectivity index (χ0n) is 17.2. The van der Waals surface area contributed by atoms with E-state index in [4.69, 9.17) is 4.74 Å². The number of benzene rings is 1. The van der Waals surface area contributed by atoms with E-state index in [0.717, 1.165) is 37.9 Å². The Morgan fingerprint density at radius 1 is 1.21 bits per heavy atom. The largest absolute Gasteiger partial charge is 0.496 e. The zero-order chi connectivity index (χ0) is 18.8. The molecule has 0 N–H and O–H groups in total. The van der Waals surface area contributed by atoms with Gasteiger partial charge >= 0.3 is 0 Å². The normalized spacial score (nSPS) is 22.7. The van der Waals surface area contributed by atoms with Gasteiger partial charge in [-0.05, 0) is 48.3 Å². The predicted octanol–water partition coefficient (Wildman–Crippen LogP) is 6.48. The number of ketones is 1. The molecule has 0 unspecified atom stereocenters. The first kappa shape index (κ1) is 22.7. The molecule has 1 aliphatic carbocycles. The number of hydrogen-bond acceptors (Lipinski definition) is 2. The van der Waals surface area contributed by atoms with E-state index >= 15 is 0 Å². The first-order chi connectivity index (χ1) is 11.5. The van der Waals surface area contributed by atoms with E-state index in [1.54, 1.807) is 7.11 Å². The lowest BCUT2D eigenvalue weighted by molar-refractivity contribution is -0.123. The van der Waals surface area contributed by atoms with Crippen LogP contribution in [0.4, 0.5) is 0 Å². The number of aryl methyl sites for hydroxylation is 1. The van der Waals surface area contributed by atoms with Gasteiger partial charge < -0.3 is 4.74 Å². The average molecular weight is 335 g/mol. The summed E-state index contributed by atoms with van der Waals surface area (Å²) in [4.78, 5) is 11.7. The van der Waals surface area contributed by atoms with Crippen molar-refractivity contribution in [3.8, 4) is 5.75 Å². The van der Waals surface area contributed by atoms with Gasteiger partial charge in [0.1, 0.15) is 11.5 Å². The Labute approximate surface area is 150 Å². The van der Waals surface area contributed by atoms with Crippen LogP contribution in [0.3, 0.4) is 0 Å². The van der Waals surface area contributed by atoms with Crippen LogP contribution in [-0.4, -0.2) is 12.9 Å². The van der Waals surface area contributed by atoms with Crippen LogP contribution in [0.25, 0.3) is 0 Å². The van der Waals surface area contributed by atoms with Crippen molar-refractivity contribution >= 4 is 5.78 Å². The summed E-state index contributed by atoms with van der Waals surface area (Å²) in [6, 6.07) is 6.58. The van der Waals surface area contributed by atoms with Crippen LogP contribution in [0.1, 0.15) is 84.8 Å². The summed E-state index contributed by atoms with van der Waals surface area (Å²) >= 11 is 0. The van der Waals surface area contributed by atoms with Crippen LogP contribution in [-0.2, 0) is 10.2 Å². The number of methoxy groups -OCH3 is 1. The molecule has 1 aliphatic rings. The Hall–Kier alpha value is -1.31. The third-order valence-corrected chi connectivity index (χ3v) is 5.01. The minimum absolute atomic E-state index is 0.143. The summed E-state index contributed by atoms with van der Waals surface area (Å²) in [5, 5.41) is 0. The predicted molar refractivity (Wildman–Crippen MR) is 105 cm³/mol. The fourth-order valence-corrected chi connectivity index (χ4v) is 3.77. The van der Waals surface area contributed by atoms with E-state index in [-0.39, 0.29) is 5.41 Å². The van der Waals surface area contributed by atoms with E-state index in [9.17, 15) is 4.79 Å². The molecule has 0 radical (unpaired) electrons. The monoisotopic (exact) mass is 334 g/mol. The second-order valence-corrected chi connectivity index (χ2v) is 6.23. The lowest BCUT2D eigenvalue weighted by Crippen LogP contribution is -2.39.